The number of unbranched alkanes of at least 4 members (excludes halogenated alkanes) is 1. The molecule has 116 valence electrons. The summed E-state index contributed by atoms with van der Waals surface area (Å²) in [4.78, 5) is 26.8. The van der Waals surface area contributed by atoms with Crippen molar-refractivity contribution in [2.24, 2.45) is 0 Å². The molecular formula is C14H26N2O4. The van der Waals surface area contributed by atoms with Gasteiger partial charge in [0.25, 0.3) is 0 Å². The van der Waals surface area contributed by atoms with Gasteiger partial charge in [0, 0.05) is 25.7 Å². The summed E-state index contributed by atoms with van der Waals surface area (Å²) in [6, 6.07) is -0.338. The van der Waals surface area contributed by atoms with E-state index in [0.717, 1.165) is 32.1 Å². The van der Waals surface area contributed by atoms with Crippen molar-refractivity contribution in [3.05, 3.63) is 0 Å². The lowest BCUT2D eigenvalue weighted by molar-refractivity contribution is -0.138. The van der Waals surface area contributed by atoms with Gasteiger partial charge in [-0.2, -0.15) is 0 Å². The quantitative estimate of drug-likeness (QED) is 0.743. The van der Waals surface area contributed by atoms with Crippen molar-refractivity contribution in [2.45, 2.75) is 51.5 Å². The van der Waals surface area contributed by atoms with Crippen molar-refractivity contribution in [2.75, 3.05) is 26.2 Å². The molecule has 6 nitrogen and oxygen atoms in total. The SMILES string of the molecule is CCCCN(CCO)C(=O)N1CCCCC1CC(=O)O. The van der Waals surface area contributed by atoms with E-state index in [0.29, 0.717) is 19.6 Å². The predicted octanol–water partition coefficient (Wildman–Crippen LogP) is 1.53. The number of carboxylic acids is 1. The van der Waals surface area contributed by atoms with E-state index in [1.165, 1.54) is 0 Å². The standard InChI is InChI=1S/C14H26N2O4/c1-2-3-7-15(9-10-17)14(20)16-8-5-4-6-12(16)11-13(18)19/h12,17H,2-11H2,1H3,(H,18,19). The summed E-state index contributed by atoms with van der Waals surface area (Å²) in [5.41, 5.74) is 0. The number of carbonyl (C=O) groups is 2. The molecule has 0 bridgehead atoms. The molecule has 2 N–H and O–H groups in total. The number of carboxylic acid groups (broad SMARTS) is 1. The maximum Gasteiger partial charge on any atom is 0.320 e. The minimum atomic E-state index is -0.864. The van der Waals surface area contributed by atoms with Crippen LogP contribution in [0, 0.1) is 0 Å². The minimum absolute atomic E-state index is 0.00643. The lowest BCUT2D eigenvalue weighted by atomic mass is 10.00. The van der Waals surface area contributed by atoms with Gasteiger partial charge >= 0.3 is 12.0 Å². The molecule has 1 atom stereocenters. The van der Waals surface area contributed by atoms with Crippen molar-refractivity contribution >= 4 is 12.0 Å². The average molecular weight is 286 g/mol. The summed E-state index contributed by atoms with van der Waals surface area (Å²) in [6.07, 6.45) is 4.52. The van der Waals surface area contributed by atoms with E-state index in [9.17, 15) is 9.59 Å². The Balaban J connectivity index is 2.69. The highest BCUT2D eigenvalue weighted by Crippen LogP contribution is 2.21. The van der Waals surface area contributed by atoms with Gasteiger partial charge in [0.2, 0.25) is 0 Å². The first-order chi connectivity index (χ1) is 9.60. The predicted molar refractivity (Wildman–Crippen MR) is 75.6 cm³/mol. The van der Waals surface area contributed by atoms with Gasteiger partial charge in [0.15, 0.2) is 0 Å². The largest absolute Gasteiger partial charge is 0.481 e. The average Bonchev–Trinajstić information content (AvgIpc) is 2.42. The Morgan fingerprint density at radius 2 is 2.05 bits per heavy atom. The molecule has 6 heteroatoms. The Hall–Kier alpha value is -1.30. The van der Waals surface area contributed by atoms with Crippen LogP contribution in [0.15, 0.2) is 0 Å². The van der Waals surface area contributed by atoms with Gasteiger partial charge in [0.05, 0.1) is 13.0 Å². The molecule has 0 aromatic carbocycles. The van der Waals surface area contributed by atoms with E-state index in [1.54, 1.807) is 9.80 Å². The second-order valence-electron chi connectivity index (χ2n) is 5.29. The van der Waals surface area contributed by atoms with E-state index in [2.05, 4.69) is 6.92 Å². The van der Waals surface area contributed by atoms with Gasteiger partial charge in [-0.05, 0) is 25.7 Å². The zero-order valence-corrected chi connectivity index (χ0v) is 12.3. The first kappa shape index (κ1) is 16.8. The molecule has 1 aliphatic heterocycles. The first-order valence-corrected chi connectivity index (χ1v) is 7.48. The first-order valence-electron chi connectivity index (χ1n) is 7.48. The molecule has 0 aromatic heterocycles. The number of aliphatic hydroxyl groups excluding tert-OH is 1. The van der Waals surface area contributed by atoms with Gasteiger partial charge in [-0.3, -0.25) is 4.79 Å². The number of hydrogen-bond acceptors (Lipinski definition) is 3. The Morgan fingerprint density at radius 1 is 1.30 bits per heavy atom. The maximum absolute atomic E-state index is 12.5. The second-order valence-corrected chi connectivity index (χ2v) is 5.29. The molecule has 0 spiro atoms. The van der Waals surface area contributed by atoms with Crippen LogP contribution in [-0.4, -0.2) is 64.3 Å². The number of aliphatic hydroxyl groups is 1. The number of rotatable bonds is 7. The Bertz CT molecular complexity index is 322. The van der Waals surface area contributed by atoms with Crippen molar-refractivity contribution in [3.63, 3.8) is 0 Å². The molecule has 1 unspecified atom stereocenters. The van der Waals surface area contributed by atoms with E-state index in [-0.39, 0.29) is 25.1 Å². The Labute approximate surface area is 120 Å². The summed E-state index contributed by atoms with van der Waals surface area (Å²) in [5, 5.41) is 18.0. The molecule has 1 saturated heterocycles. The van der Waals surface area contributed by atoms with E-state index < -0.39 is 5.97 Å². The number of likely N-dealkylation sites (tertiary alicyclic amines) is 1. The highest BCUT2D eigenvalue weighted by atomic mass is 16.4. The van der Waals surface area contributed by atoms with Gasteiger partial charge in [-0.25, -0.2) is 4.79 Å². The number of piperidine rings is 1. The number of amides is 2. The van der Waals surface area contributed by atoms with Crippen LogP contribution in [0.1, 0.15) is 45.4 Å². The van der Waals surface area contributed by atoms with Gasteiger partial charge in [0.1, 0.15) is 0 Å². The van der Waals surface area contributed by atoms with Crippen LogP contribution in [0.5, 0.6) is 0 Å². The second kappa shape index (κ2) is 8.79. The Kier molecular flexibility index (Phi) is 7.36. The molecule has 0 aliphatic carbocycles. The van der Waals surface area contributed by atoms with Crippen molar-refractivity contribution < 1.29 is 19.8 Å². The molecule has 20 heavy (non-hydrogen) atoms. The normalized spacial score (nSPS) is 18.9. The van der Waals surface area contributed by atoms with Crippen LogP contribution in [0.3, 0.4) is 0 Å². The van der Waals surface area contributed by atoms with Gasteiger partial charge in [-0.1, -0.05) is 13.3 Å². The molecule has 0 radical (unpaired) electrons. The molecule has 0 saturated carbocycles. The summed E-state index contributed by atoms with van der Waals surface area (Å²) < 4.78 is 0. The third kappa shape index (κ3) is 5.00. The molecule has 1 rings (SSSR count). The zero-order chi connectivity index (χ0) is 15.0. The zero-order valence-electron chi connectivity index (χ0n) is 12.3. The fraction of sp³-hybridized carbons (Fsp3) is 0.857. The molecular weight excluding hydrogens is 260 g/mol. The van der Waals surface area contributed by atoms with E-state index >= 15 is 0 Å². The van der Waals surface area contributed by atoms with Gasteiger partial charge in [-0.15, -0.1) is 0 Å². The van der Waals surface area contributed by atoms with Crippen molar-refractivity contribution in [1.29, 1.82) is 0 Å². The van der Waals surface area contributed by atoms with Crippen LogP contribution in [0.4, 0.5) is 4.79 Å². The molecule has 1 fully saturated rings. The lowest BCUT2D eigenvalue weighted by Gasteiger charge is -2.38. The number of nitrogens with zero attached hydrogens (tertiary/aromatic N) is 2. The highest BCUT2D eigenvalue weighted by molar-refractivity contribution is 5.76. The van der Waals surface area contributed by atoms with Crippen LogP contribution in [-0.2, 0) is 4.79 Å². The number of hydrogen-bond donors (Lipinski definition) is 2. The number of urea groups is 1. The molecule has 0 aromatic rings. The highest BCUT2D eigenvalue weighted by Gasteiger charge is 2.30. The van der Waals surface area contributed by atoms with Crippen LogP contribution >= 0.6 is 0 Å². The molecule has 1 heterocycles. The van der Waals surface area contributed by atoms with Crippen LogP contribution in [0.2, 0.25) is 0 Å². The summed E-state index contributed by atoms with van der Waals surface area (Å²) in [7, 11) is 0. The van der Waals surface area contributed by atoms with Crippen LogP contribution in [0.25, 0.3) is 0 Å². The minimum Gasteiger partial charge on any atom is -0.481 e. The molecule has 1 aliphatic rings. The lowest BCUT2D eigenvalue weighted by Crippen LogP contribution is -2.51. The van der Waals surface area contributed by atoms with Crippen molar-refractivity contribution in [3.8, 4) is 0 Å². The summed E-state index contributed by atoms with van der Waals surface area (Å²) in [5.74, 6) is -0.864. The third-order valence-corrected chi connectivity index (χ3v) is 3.71. The summed E-state index contributed by atoms with van der Waals surface area (Å²) >= 11 is 0. The van der Waals surface area contributed by atoms with Crippen LogP contribution < -0.4 is 0 Å². The van der Waals surface area contributed by atoms with Gasteiger partial charge < -0.3 is 20.0 Å². The molecule has 2 amide bonds. The maximum atomic E-state index is 12.5. The number of carbonyl (C=O) groups excluding carboxylic acids is 1. The van der Waals surface area contributed by atoms with E-state index in [1.807, 2.05) is 0 Å². The number of aliphatic carboxylic acids is 1. The summed E-state index contributed by atoms with van der Waals surface area (Å²) in [6.45, 7) is 3.54. The third-order valence-electron chi connectivity index (χ3n) is 3.71. The van der Waals surface area contributed by atoms with E-state index in [4.69, 9.17) is 10.2 Å². The fourth-order valence-electron chi connectivity index (χ4n) is 2.62. The fourth-order valence-corrected chi connectivity index (χ4v) is 2.62. The Morgan fingerprint density at radius 3 is 2.65 bits per heavy atom. The monoisotopic (exact) mass is 286 g/mol. The smallest absolute Gasteiger partial charge is 0.320 e. The van der Waals surface area contributed by atoms with Crippen molar-refractivity contribution in [1.82, 2.24) is 9.80 Å². The topological polar surface area (TPSA) is 81.1 Å².